The van der Waals surface area contributed by atoms with Crippen LogP contribution in [0.5, 0.6) is 5.88 Å². The SMILES string of the molecule is CN(C)C1CCN(c2ncc(Sc3ccc(N)nc3)c(OCc3cccc(Cl)c3)n2)C1. The van der Waals surface area contributed by atoms with Crippen LogP contribution in [0.3, 0.4) is 0 Å². The van der Waals surface area contributed by atoms with Crippen molar-refractivity contribution >= 4 is 35.1 Å². The Morgan fingerprint density at radius 2 is 2.10 bits per heavy atom. The third-order valence-electron chi connectivity index (χ3n) is 5.14. The molecule has 0 radical (unpaired) electrons. The minimum Gasteiger partial charge on any atom is -0.472 e. The summed E-state index contributed by atoms with van der Waals surface area (Å²) in [7, 11) is 4.21. The van der Waals surface area contributed by atoms with Crippen molar-refractivity contribution in [3.63, 3.8) is 0 Å². The summed E-state index contributed by atoms with van der Waals surface area (Å²) < 4.78 is 6.14. The van der Waals surface area contributed by atoms with Gasteiger partial charge in [-0.05, 0) is 50.3 Å². The number of nitrogens with two attached hydrogens (primary N) is 1. The van der Waals surface area contributed by atoms with Crippen LogP contribution in [0.25, 0.3) is 0 Å². The molecule has 0 aliphatic carbocycles. The number of aromatic nitrogens is 3. The van der Waals surface area contributed by atoms with Crippen LogP contribution >= 0.6 is 23.4 Å². The summed E-state index contributed by atoms with van der Waals surface area (Å²) in [5, 5.41) is 0.679. The molecule has 0 spiro atoms. The van der Waals surface area contributed by atoms with Crippen molar-refractivity contribution in [3.8, 4) is 5.88 Å². The number of rotatable bonds is 7. The van der Waals surface area contributed by atoms with Crippen LogP contribution in [-0.2, 0) is 6.61 Å². The molecule has 4 rings (SSSR count). The van der Waals surface area contributed by atoms with Crippen molar-refractivity contribution in [1.29, 1.82) is 0 Å². The number of hydrogen-bond donors (Lipinski definition) is 1. The van der Waals surface area contributed by atoms with E-state index in [1.54, 1.807) is 12.3 Å². The number of anilines is 2. The third kappa shape index (κ3) is 5.58. The Balaban J connectivity index is 1.58. The van der Waals surface area contributed by atoms with E-state index in [4.69, 9.17) is 27.1 Å². The highest BCUT2D eigenvalue weighted by Crippen LogP contribution is 2.35. The highest BCUT2D eigenvalue weighted by molar-refractivity contribution is 7.99. The fourth-order valence-corrected chi connectivity index (χ4v) is 4.38. The highest BCUT2D eigenvalue weighted by atomic mass is 35.5. The zero-order valence-electron chi connectivity index (χ0n) is 17.5. The number of nitrogens with zero attached hydrogens (tertiary/aromatic N) is 5. The molecule has 1 aliphatic rings. The Labute approximate surface area is 191 Å². The van der Waals surface area contributed by atoms with Gasteiger partial charge in [0.1, 0.15) is 12.4 Å². The average molecular weight is 457 g/mol. The maximum absolute atomic E-state index is 6.14. The third-order valence-corrected chi connectivity index (χ3v) is 6.35. The molecule has 3 heterocycles. The van der Waals surface area contributed by atoms with Crippen LogP contribution in [0.15, 0.2) is 58.6 Å². The normalized spacial score (nSPS) is 16.1. The number of benzene rings is 1. The average Bonchev–Trinajstić information content (AvgIpc) is 3.25. The van der Waals surface area contributed by atoms with Crippen LogP contribution in [0.1, 0.15) is 12.0 Å². The van der Waals surface area contributed by atoms with Crippen molar-refractivity contribution in [2.45, 2.75) is 28.9 Å². The van der Waals surface area contributed by atoms with Crippen molar-refractivity contribution in [3.05, 3.63) is 59.4 Å². The largest absolute Gasteiger partial charge is 0.472 e. The lowest BCUT2D eigenvalue weighted by molar-refractivity contribution is 0.285. The summed E-state index contributed by atoms with van der Waals surface area (Å²) in [6.45, 7) is 2.19. The molecule has 7 nitrogen and oxygen atoms in total. The Kier molecular flexibility index (Phi) is 6.80. The second kappa shape index (κ2) is 9.72. The molecule has 1 aromatic carbocycles. The van der Waals surface area contributed by atoms with Crippen LogP contribution in [0.2, 0.25) is 5.02 Å². The summed E-state index contributed by atoms with van der Waals surface area (Å²) in [4.78, 5) is 19.8. The van der Waals surface area contributed by atoms with Gasteiger partial charge in [-0.25, -0.2) is 9.97 Å². The maximum Gasteiger partial charge on any atom is 0.232 e. The molecule has 1 unspecified atom stereocenters. The number of halogens is 1. The molecule has 1 aliphatic heterocycles. The van der Waals surface area contributed by atoms with Crippen molar-refractivity contribution in [1.82, 2.24) is 19.9 Å². The second-order valence-corrected chi connectivity index (χ2v) is 9.18. The Morgan fingerprint density at radius 1 is 1.23 bits per heavy atom. The molecule has 1 saturated heterocycles. The predicted octanol–water partition coefficient (Wildman–Crippen LogP) is 3.98. The van der Waals surface area contributed by atoms with E-state index in [0.717, 1.165) is 34.9 Å². The molecule has 1 atom stereocenters. The standard InChI is InChI=1S/C22H25ClN6OS/c1-28(2)17-8-9-29(13-17)22-26-12-19(31-18-6-7-20(24)25-11-18)21(27-22)30-14-15-4-3-5-16(23)10-15/h3-7,10-12,17H,8-9,13-14H2,1-2H3,(H2,24,25). The lowest BCUT2D eigenvalue weighted by Crippen LogP contribution is -2.32. The van der Waals surface area contributed by atoms with E-state index in [0.29, 0.717) is 35.3 Å². The predicted molar refractivity (Wildman–Crippen MR) is 125 cm³/mol. The molecule has 31 heavy (non-hydrogen) atoms. The quantitative estimate of drug-likeness (QED) is 0.571. The molecule has 0 saturated carbocycles. The number of nitrogen functional groups attached to an aromatic ring is 1. The Morgan fingerprint density at radius 3 is 2.81 bits per heavy atom. The second-order valence-electron chi connectivity index (χ2n) is 7.63. The van der Waals surface area contributed by atoms with Crippen LogP contribution in [0, 0.1) is 0 Å². The van der Waals surface area contributed by atoms with Gasteiger partial charge in [0.15, 0.2) is 0 Å². The van der Waals surface area contributed by atoms with Gasteiger partial charge >= 0.3 is 0 Å². The monoisotopic (exact) mass is 456 g/mol. The Hall–Kier alpha value is -2.55. The minimum absolute atomic E-state index is 0.366. The summed E-state index contributed by atoms with van der Waals surface area (Å²) in [6.07, 6.45) is 4.64. The molecule has 2 N–H and O–H groups in total. The fourth-order valence-electron chi connectivity index (χ4n) is 3.37. The number of pyridine rings is 1. The van der Waals surface area contributed by atoms with Crippen molar-refractivity contribution in [2.24, 2.45) is 0 Å². The zero-order valence-corrected chi connectivity index (χ0v) is 19.1. The van der Waals surface area contributed by atoms with Crippen molar-refractivity contribution < 1.29 is 4.74 Å². The molecule has 162 valence electrons. The Bertz CT molecular complexity index is 1030. The maximum atomic E-state index is 6.14. The number of ether oxygens (including phenoxy) is 1. The molecular weight excluding hydrogens is 432 g/mol. The smallest absolute Gasteiger partial charge is 0.232 e. The minimum atomic E-state index is 0.366. The van der Waals surface area contributed by atoms with E-state index >= 15 is 0 Å². The van der Waals surface area contributed by atoms with Gasteiger partial charge in [-0.1, -0.05) is 35.5 Å². The van der Waals surface area contributed by atoms with Gasteiger partial charge < -0.3 is 20.3 Å². The first kappa shape index (κ1) is 21.7. The molecule has 3 aromatic rings. The fraction of sp³-hybridized carbons (Fsp3) is 0.318. The summed E-state index contributed by atoms with van der Waals surface area (Å²) in [5.41, 5.74) is 6.69. The molecule has 1 fully saturated rings. The molecule has 0 bridgehead atoms. The number of hydrogen-bond acceptors (Lipinski definition) is 8. The van der Waals surface area contributed by atoms with E-state index in [2.05, 4.69) is 33.9 Å². The number of likely N-dealkylation sites (N-methyl/N-ethyl adjacent to an activating group) is 1. The van der Waals surface area contributed by atoms with Crippen molar-refractivity contribution in [2.75, 3.05) is 37.8 Å². The summed E-state index contributed by atoms with van der Waals surface area (Å²) >= 11 is 7.61. The lowest BCUT2D eigenvalue weighted by Gasteiger charge is -2.21. The van der Waals surface area contributed by atoms with E-state index < -0.39 is 0 Å². The summed E-state index contributed by atoms with van der Waals surface area (Å²) in [6, 6.07) is 11.8. The van der Waals surface area contributed by atoms with Crippen LogP contribution in [-0.4, -0.2) is 53.1 Å². The zero-order chi connectivity index (χ0) is 21.8. The van der Waals surface area contributed by atoms with Crippen LogP contribution < -0.4 is 15.4 Å². The summed E-state index contributed by atoms with van der Waals surface area (Å²) in [5.74, 6) is 1.71. The van der Waals surface area contributed by atoms with E-state index in [9.17, 15) is 0 Å². The highest BCUT2D eigenvalue weighted by Gasteiger charge is 2.26. The van der Waals surface area contributed by atoms with Gasteiger partial charge in [0.25, 0.3) is 0 Å². The molecule has 0 amide bonds. The van der Waals surface area contributed by atoms with Gasteiger partial charge in [-0.3, -0.25) is 0 Å². The van der Waals surface area contributed by atoms with Crippen LogP contribution in [0.4, 0.5) is 11.8 Å². The van der Waals surface area contributed by atoms with Gasteiger partial charge in [-0.15, -0.1) is 0 Å². The molecule has 9 heteroatoms. The molecular formula is C22H25ClN6OS. The van der Waals surface area contributed by atoms with E-state index in [1.165, 1.54) is 11.8 Å². The van der Waals surface area contributed by atoms with Gasteiger partial charge in [-0.2, -0.15) is 4.98 Å². The van der Waals surface area contributed by atoms with E-state index in [-0.39, 0.29) is 0 Å². The van der Waals surface area contributed by atoms with Gasteiger partial charge in [0, 0.05) is 35.2 Å². The first-order chi connectivity index (χ1) is 15.0. The van der Waals surface area contributed by atoms with Gasteiger partial charge in [0.05, 0.1) is 11.1 Å². The topological polar surface area (TPSA) is 80.4 Å². The van der Waals surface area contributed by atoms with E-state index in [1.807, 2.05) is 36.5 Å². The first-order valence-electron chi connectivity index (χ1n) is 10.0. The lowest BCUT2D eigenvalue weighted by atomic mass is 10.2. The van der Waals surface area contributed by atoms with Gasteiger partial charge in [0.2, 0.25) is 11.8 Å². The molecule has 2 aromatic heterocycles. The first-order valence-corrected chi connectivity index (χ1v) is 11.2.